The third kappa shape index (κ3) is 5.10. The summed E-state index contributed by atoms with van der Waals surface area (Å²) >= 11 is 1.33. The van der Waals surface area contributed by atoms with E-state index in [2.05, 4.69) is 16.2 Å². The number of hydrogen-bond acceptors (Lipinski definition) is 9. The van der Waals surface area contributed by atoms with Gasteiger partial charge in [0.15, 0.2) is 0 Å². The van der Waals surface area contributed by atoms with E-state index in [0.717, 1.165) is 10.6 Å². The highest BCUT2D eigenvalue weighted by Gasteiger charge is 2.42. The maximum Gasteiger partial charge on any atom is 0.420 e. The average Bonchev–Trinajstić information content (AvgIpc) is 3.30. The van der Waals surface area contributed by atoms with Crippen molar-refractivity contribution in [2.45, 2.75) is 56.0 Å². The fourth-order valence-corrected chi connectivity index (χ4v) is 4.14. The number of ether oxygens (including phenoxy) is 2. The van der Waals surface area contributed by atoms with Crippen LogP contribution in [-0.4, -0.2) is 45.5 Å². The Bertz CT molecular complexity index is 965. The van der Waals surface area contributed by atoms with E-state index in [0.29, 0.717) is 22.7 Å². The summed E-state index contributed by atoms with van der Waals surface area (Å²) in [6.07, 6.45) is 0.261. The van der Waals surface area contributed by atoms with Crippen LogP contribution >= 0.6 is 11.8 Å². The lowest BCUT2D eigenvalue weighted by Crippen LogP contribution is -2.42. The maximum absolute atomic E-state index is 12.6. The fraction of sp³-hybridized carbons (Fsp3) is 0.450. The van der Waals surface area contributed by atoms with Gasteiger partial charge in [0.1, 0.15) is 29.6 Å². The smallest absolute Gasteiger partial charge is 0.420 e. The minimum atomic E-state index is -0.759. The number of pyridine rings is 1. The maximum atomic E-state index is 12.6. The van der Waals surface area contributed by atoms with Gasteiger partial charge in [-0.25, -0.2) is 19.5 Å². The molecule has 3 rings (SSSR count). The van der Waals surface area contributed by atoms with Crippen LogP contribution in [0.25, 0.3) is 0 Å². The van der Waals surface area contributed by atoms with Crippen LogP contribution in [0.1, 0.15) is 49.4 Å². The van der Waals surface area contributed by atoms with E-state index in [9.17, 15) is 14.9 Å². The van der Waals surface area contributed by atoms with E-state index in [4.69, 9.17) is 14.0 Å². The molecule has 1 fully saturated rings. The second-order valence-electron chi connectivity index (χ2n) is 7.76. The predicted octanol–water partition coefficient (Wildman–Crippen LogP) is 4.23. The van der Waals surface area contributed by atoms with Gasteiger partial charge >= 0.3 is 12.2 Å². The summed E-state index contributed by atoms with van der Waals surface area (Å²) in [5, 5.41) is 13.6. The SMILES string of the molecule is Cc1ccc(C#N)c(SC(C[C@H]2COC(=O)N2C(=O)OC(C)(C)C)c2ccon2)n1. The Labute approximate surface area is 178 Å². The Morgan fingerprint density at radius 3 is 2.83 bits per heavy atom. The molecule has 30 heavy (non-hydrogen) atoms. The van der Waals surface area contributed by atoms with Crippen molar-refractivity contribution in [2.24, 2.45) is 0 Å². The van der Waals surface area contributed by atoms with Crippen LogP contribution in [0.3, 0.4) is 0 Å². The Morgan fingerprint density at radius 2 is 2.20 bits per heavy atom. The molecule has 1 saturated heterocycles. The lowest BCUT2D eigenvalue weighted by Gasteiger charge is -2.26. The van der Waals surface area contributed by atoms with Crippen LogP contribution < -0.4 is 0 Å². The topological polar surface area (TPSA) is 119 Å². The zero-order valence-electron chi connectivity index (χ0n) is 17.1. The van der Waals surface area contributed by atoms with Gasteiger partial charge in [-0.05, 0) is 46.2 Å². The molecule has 2 amide bonds. The molecule has 0 spiro atoms. The van der Waals surface area contributed by atoms with Crippen molar-refractivity contribution in [2.75, 3.05) is 6.61 Å². The van der Waals surface area contributed by atoms with E-state index >= 15 is 0 Å². The van der Waals surface area contributed by atoms with Crippen LogP contribution in [0.5, 0.6) is 0 Å². The summed E-state index contributed by atoms with van der Waals surface area (Å²) in [6, 6.07) is 6.75. The molecule has 2 aromatic rings. The molecule has 2 atom stereocenters. The molecule has 9 nitrogen and oxygen atoms in total. The van der Waals surface area contributed by atoms with Gasteiger partial charge < -0.3 is 14.0 Å². The third-order valence-electron chi connectivity index (χ3n) is 4.20. The Hall–Kier alpha value is -3.06. The van der Waals surface area contributed by atoms with Crippen LogP contribution in [0.2, 0.25) is 0 Å². The Kier molecular flexibility index (Phi) is 6.31. The number of nitriles is 1. The monoisotopic (exact) mass is 430 g/mol. The number of imide groups is 1. The van der Waals surface area contributed by atoms with E-state index in [1.165, 1.54) is 18.0 Å². The Morgan fingerprint density at radius 1 is 1.43 bits per heavy atom. The van der Waals surface area contributed by atoms with E-state index < -0.39 is 23.8 Å². The van der Waals surface area contributed by atoms with Crippen molar-refractivity contribution < 1.29 is 23.6 Å². The second kappa shape index (κ2) is 8.75. The van der Waals surface area contributed by atoms with Crippen LogP contribution in [0.15, 0.2) is 34.0 Å². The average molecular weight is 430 g/mol. The molecular weight excluding hydrogens is 408 g/mol. The molecule has 1 aliphatic rings. The predicted molar refractivity (Wildman–Crippen MR) is 107 cm³/mol. The van der Waals surface area contributed by atoms with E-state index in [-0.39, 0.29) is 11.9 Å². The summed E-state index contributed by atoms with van der Waals surface area (Å²) in [5.41, 5.74) is 1.06. The first-order valence-electron chi connectivity index (χ1n) is 9.31. The summed E-state index contributed by atoms with van der Waals surface area (Å²) in [5.74, 6) is 0. The third-order valence-corrected chi connectivity index (χ3v) is 5.45. The van der Waals surface area contributed by atoms with Gasteiger partial charge in [0.25, 0.3) is 0 Å². The quantitative estimate of drug-likeness (QED) is 0.642. The number of thioether (sulfide) groups is 1. The molecule has 0 aliphatic carbocycles. The number of carbonyl (C=O) groups excluding carboxylic acids is 2. The first kappa shape index (κ1) is 21.6. The minimum Gasteiger partial charge on any atom is -0.447 e. The number of nitrogens with zero attached hydrogens (tertiary/aromatic N) is 4. The number of aromatic nitrogens is 2. The minimum absolute atomic E-state index is 0.0410. The molecule has 0 saturated carbocycles. The van der Waals surface area contributed by atoms with Crippen molar-refractivity contribution in [1.29, 1.82) is 5.26 Å². The highest BCUT2D eigenvalue weighted by Crippen LogP contribution is 2.40. The standard InChI is InChI=1S/C20H22N4O5S/c1-12-5-6-13(10-21)17(22-12)30-16(15-7-8-28-23-15)9-14-11-27-18(25)24(14)19(26)29-20(2,3)4/h5-8,14,16H,9,11H2,1-4H3/t14-,16?/m0/s1. The summed E-state index contributed by atoms with van der Waals surface area (Å²) in [4.78, 5) is 30.2. The zero-order chi connectivity index (χ0) is 21.9. The molecular formula is C20H22N4O5S. The van der Waals surface area contributed by atoms with Gasteiger partial charge in [0, 0.05) is 11.8 Å². The highest BCUT2D eigenvalue weighted by molar-refractivity contribution is 7.99. The van der Waals surface area contributed by atoms with E-state index in [1.807, 2.05) is 6.92 Å². The first-order valence-corrected chi connectivity index (χ1v) is 10.2. The van der Waals surface area contributed by atoms with Crippen LogP contribution in [0, 0.1) is 18.3 Å². The molecule has 1 unspecified atom stereocenters. The largest absolute Gasteiger partial charge is 0.447 e. The number of carbonyl (C=O) groups is 2. The van der Waals surface area contributed by atoms with Gasteiger partial charge in [-0.15, -0.1) is 0 Å². The summed E-state index contributed by atoms with van der Waals surface area (Å²) in [7, 11) is 0. The van der Waals surface area contributed by atoms with Crippen LogP contribution in [0.4, 0.5) is 9.59 Å². The molecule has 0 bridgehead atoms. The first-order chi connectivity index (χ1) is 14.2. The van der Waals surface area contributed by atoms with Gasteiger partial charge in [-0.3, -0.25) is 0 Å². The normalized spacial score (nSPS) is 17.4. The molecule has 0 aromatic carbocycles. The summed E-state index contributed by atoms with van der Waals surface area (Å²) < 4.78 is 15.5. The number of amides is 2. The fourth-order valence-electron chi connectivity index (χ4n) is 2.88. The molecule has 0 N–H and O–H groups in total. The van der Waals surface area contributed by atoms with Gasteiger partial charge in [0.2, 0.25) is 0 Å². The van der Waals surface area contributed by atoms with Gasteiger partial charge in [-0.1, -0.05) is 16.9 Å². The summed E-state index contributed by atoms with van der Waals surface area (Å²) in [6.45, 7) is 7.05. The number of cyclic esters (lactones) is 1. The molecule has 2 aromatic heterocycles. The van der Waals surface area contributed by atoms with Crippen LogP contribution in [-0.2, 0) is 9.47 Å². The Balaban J connectivity index is 1.85. The second-order valence-corrected chi connectivity index (χ2v) is 8.96. The highest BCUT2D eigenvalue weighted by atomic mass is 32.2. The van der Waals surface area contributed by atoms with Crippen molar-refractivity contribution in [3.05, 3.63) is 41.4 Å². The molecule has 158 valence electrons. The van der Waals surface area contributed by atoms with Gasteiger partial charge in [0.05, 0.1) is 22.5 Å². The number of hydrogen-bond donors (Lipinski definition) is 0. The van der Waals surface area contributed by atoms with Crippen molar-refractivity contribution in [1.82, 2.24) is 15.0 Å². The molecule has 10 heteroatoms. The zero-order valence-corrected chi connectivity index (χ0v) is 17.9. The van der Waals surface area contributed by atoms with Gasteiger partial charge in [-0.2, -0.15) is 5.26 Å². The van der Waals surface area contributed by atoms with Crippen molar-refractivity contribution in [3.8, 4) is 6.07 Å². The lowest BCUT2D eigenvalue weighted by molar-refractivity contribution is 0.0287. The molecule has 0 radical (unpaired) electrons. The number of aryl methyl sites for hydroxylation is 1. The number of rotatable bonds is 5. The van der Waals surface area contributed by atoms with E-state index in [1.54, 1.807) is 39.0 Å². The van der Waals surface area contributed by atoms with Crippen molar-refractivity contribution >= 4 is 23.9 Å². The lowest BCUT2D eigenvalue weighted by atomic mass is 10.1. The van der Waals surface area contributed by atoms with Crippen molar-refractivity contribution in [3.63, 3.8) is 0 Å². The molecule has 1 aliphatic heterocycles. The molecule has 3 heterocycles.